The number of carbonyl (C=O) groups is 2. The molecule has 5 heteroatoms. The third kappa shape index (κ3) is 5.05. The van der Waals surface area contributed by atoms with Crippen molar-refractivity contribution >= 4 is 44.5 Å². The molecule has 0 aromatic heterocycles. The molecule has 0 aliphatic heterocycles. The molecule has 0 radical (unpaired) electrons. The molecular weight excluding hydrogens is 502 g/mol. The number of esters is 1. The van der Waals surface area contributed by atoms with Gasteiger partial charge in [-0.3, -0.25) is 4.79 Å². The average molecular weight is 528 g/mol. The number of amides is 1. The van der Waals surface area contributed by atoms with Crippen molar-refractivity contribution < 1.29 is 14.3 Å². The van der Waals surface area contributed by atoms with Gasteiger partial charge >= 0.3 is 5.97 Å². The highest BCUT2D eigenvalue weighted by molar-refractivity contribution is 9.10. The number of primary amides is 1. The van der Waals surface area contributed by atoms with Crippen molar-refractivity contribution in [2.45, 2.75) is 20.8 Å². The second-order valence-corrected chi connectivity index (χ2v) is 9.34. The van der Waals surface area contributed by atoms with E-state index in [2.05, 4.69) is 15.9 Å². The first kappa shape index (κ1) is 24.4. The maximum atomic E-state index is 13.1. The van der Waals surface area contributed by atoms with Gasteiger partial charge in [-0.25, -0.2) is 4.79 Å². The third-order valence-electron chi connectivity index (χ3n) is 5.91. The Morgan fingerprint density at radius 1 is 0.800 bits per heavy atom. The highest BCUT2D eigenvalue weighted by Crippen LogP contribution is 2.48. The first-order valence-electron chi connectivity index (χ1n) is 11.4. The molecule has 0 bridgehead atoms. The van der Waals surface area contributed by atoms with Crippen LogP contribution in [0.5, 0.6) is 0 Å². The van der Waals surface area contributed by atoms with Crippen molar-refractivity contribution in [3.05, 3.63) is 122 Å². The van der Waals surface area contributed by atoms with Gasteiger partial charge in [0.25, 0.3) is 5.91 Å². The summed E-state index contributed by atoms with van der Waals surface area (Å²) < 4.78 is 6.21. The first-order chi connectivity index (χ1) is 16.8. The van der Waals surface area contributed by atoms with Gasteiger partial charge in [-0.15, -0.1) is 0 Å². The van der Waals surface area contributed by atoms with Crippen molar-refractivity contribution in [1.29, 1.82) is 0 Å². The molecule has 1 aliphatic carbocycles. The zero-order valence-corrected chi connectivity index (χ0v) is 21.5. The van der Waals surface area contributed by atoms with Crippen LogP contribution < -0.4 is 5.73 Å². The standard InChI is InChI=1S/C30H26BrNO3/c1-4-35-30(34)28(29(32)33)27-25(21-13-15-23(31)16-14-21)17-24(20-9-5-18(2)6-10-20)26(27)22-11-7-19(3)8-12-22/h5-17H,4H2,1-3H3,(H2,32,33)/b28-27+. The third-order valence-corrected chi connectivity index (χ3v) is 6.44. The minimum absolute atomic E-state index is 0.134. The van der Waals surface area contributed by atoms with Gasteiger partial charge in [-0.1, -0.05) is 87.7 Å². The van der Waals surface area contributed by atoms with E-state index >= 15 is 0 Å². The second-order valence-electron chi connectivity index (χ2n) is 8.42. The summed E-state index contributed by atoms with van der Waals surface area (Å²) >= 11 is 3.49. The molecule has 0 heterocycles. The van der Waals surface area contributed by atoms with E-state index in [1.54, 1.807) is 6.92 Å². The summed E-state index contributed by atoms with van der Waals surface area (Å²) in [6, 6.07) is 24.0. The molecule has 0 unspecified atom stereocenters. The normalized spacial score (nSPS) is 14.6. The van der Waals surface area contributed by atoms with Gasteiger partial charge < -0.3 is 10.5 Å². The first-order valence-corrected chi connectivity index (χ1v) is 12.2. The van der Waals surface area contributed by atoms with Crippen molar-refractivity contribution in [2.75, 3.05) is 6.61 Å². The maximum Gasteiger partial charge on any atom is 0.344 e. The quantitative estimate of drug-likeness (QED) is 0.174. The van der Waals surface area contributed by atoms with Crippen molar-refractivity contribution in [2.24, 2.45) is 5.73 Å². The van der Waals surface area contributed by atoms with Gasteiger partial charge in [0.05, 0.1) is 6.61 Å². The van der Waals surface area contributed by atoms with Gasteiger partial charge in [-0.2, -0.15) is 0 Å². The largest absolute Gasteiger partial charge is 0.462 e. The summed E-state index contributed by atoms with van der Waals surface area (Å²) in [6.07, 6.45) is 2.03. The molecule has 0 fully saturated rings. The Balaban J connectivity index is 2.10. The fraction of sp³-hybridized carbons (Fsp3) is 0.133. The molecule has 2 N–H and O–H groups in total. The number of allylic oxidation sites excluding steroid dienone is 5. The predicted molar refractivity (Wildman–Crippen MR) is 144 cm³/mol. The fourth-order valence-corrected chi connectivity index (χ4v) is 4.45. The van der Waals surface area contributed by atoms with E-state index in [0.29, 0.717) is 5.57 Å². The summed E-state index contributed by atoms with van der Waals surface area (Å²) in [5.74, 6) is -1.55. The van der Waals surface area contributed by atoms with Crippen molar-refractivity contribution in [3.63, 3.8) is 0 Å². The van der Waals surface area contributed by atoms with Crippen LogP contribution in [-0.4, -0.2) is 18.5 Å². The number of carbonyl (C=O) groups excluding carboxylic acids is 2. The molecule has 0 atom stereocenters. The highest BCUT2D eigenvalue weighted by Gasteiger charge is 2.33. The van der Waals surface area contributed by atoms with Gasteiger partial charge in [0.1, 0.15) is 5.57 Å². The second kappa shape index (κ2) is 10.3. The molecule has 0 spiro atoms. The summed E-state index contributed by atoms with van der Waals surface area (Å²) in [6.45, 7) is 5.89. The molecule has 1 aliphatic rings. The zero-order valence-electron chi connectivity index (χ0n) is 19.9. The molecule has 0 saturated heterocycles. The Kier molecular flexibility index (Phi) is 7.17. The Bertz CT molecular complexity index is 1380. The predicted octanol–water partition coefficient (Wildman–Crippen LogP) is 6.42. The maximum absolute atomic E-state index is 13.1. The lowest BCUT2D eigenvalue weighted by molar-refractivity contribution is -0.139. The lowest BCUT2D eigenvalue weighted by atomic mass is 9.87. The van der Waals surface area contributed by atoms with Crippen LogP contribution in [0.3, 0.4) is 0 Å². The van der Waals surface area contributed by atoms with Crippen LogP contribution in [0, 0.1) is 13.8 Å². The molecule has 4 nitrogen and oxygen atoms in total. The SMILES string of the molecule is CCOC(=O)/C(C(N)=O)=C1\C(c2ccc(Br)cc2)=CC(c2ccc(C)cc2)=C1c1ccc(C)cc1. The summed E-state index contributed by atoms with van der Waals surface area (Å²) in [5.41, 5.74) is 13.5. The number of halogens is 1. The van der Waals surface area contributed by atoms with E-state index in [1.165, 1.54) is 0 Å². The lowest BCUT2D eigenvalue weighted by Crippen LogP contribution is -2.25. The van der Waals surface area contributed by atoms with E-state index in [9.17, 15) is 9.59 Å². The zero-order chi connectivity index (χ0) is 25.1. The Labute approximate surface area is 213 Å². The van der Waals surface area contributed by atoms with Crippen LogP contribution in [0.4, 0.5) is 0 Å². The monoisotopic (exact) mass is 527 g/mol. The molecule has 1 amide bonds. The molecular formula is C30H26BrNO3. The number of nitrogens with two attached hydrogens (primary N) is 1. The van der Waals surface area contributed by atoms with Gasteiger partial charge in [-0.05, 0) is 72.4 Å². The minimum Gasteiger partial charge on any atom is -0.462 e. The van der Waals surface area contributed by atoms with E-state index in [1.807, 2.05) is 92.7 Å². The van der Waals surface area contributed by atoms with Crippen LogP contribution in [0.2, 0.25) is 0 Å². The van der Waals surface area contributed by atoms with Gasteiger partial charge in [0.2, 0.25) is 0 Å². The minimum atomic E-state index is -0.823. The Morgan fingerprint density at radius 2 is 1.31 bits per heavy atom. The van der Waals surface area contributed by atoms with Crippen LogP contribution in [0.15, 0.2) is 94.5 Å². The fourth-order valence-electron chi connectivity index (χ4n) is 4.18. The number of aryl methyl sites for hydroxylation is 2. The number of hydrogen-bond acceptors (Lipinski definition) is 3. The smallest absolute Gasteiger partial charge is 0.344 e. The van der Waals surface area contributed by atoms with Gasteiger partial charge in [0.15, 0.2) is 0 Å². The highest BCUT2D eigenvalue weighted by atomic mass is 79.9. The molecule has 0 saturated carbocycles. The summed E-state index contributed by atoms with van der Waals surface area (Å²) in [5, 5.41) is 0. The van der Waals surface area contributed by atoms with Crippen molar-refractivity contribution in [1.82, 2.24) is 0 Å². The topological polar surface area (TPSA) is 69.4 Å². The molecule has 3 aromatic carbocycles. The summed E-state index contributed by atoms with van der Waals surface area (Å²) in [7, 11) is 0. The molecule has 3 aromatic rings. The number of benzene rings is 3. The average Bonchev–Trinajstić information content (AvgIpc) is 3.20. The number of hydrogen-bond donors (Lipinski definition) is 1. The van der Waals surface area contributed by atoms with Crippen LogP contribution in [0.25, 0.3) is 16.7 Å². The number of rotatable bonds is 6. The van der Waals surface area contributed by atoms with E-state index in [-0.39, 0.29) is 12.2 Å². The van der Waals surface area contributed by atoms with Crippen LogP contribution in [-0.2, 0) is 14.3 Å². The Hall–Kier alpha value is -3.70. The molecule has 176 valence electrons. The van der Waals surface area contributed by atoms with Crippen LogP contribution in [0.1, 0.15) is 34.7 Å². The molecule has 4 rings (SSSR count). The van der Waals surface area contributed by atoms with Crippen LogP contribution >= 0.6 is 15.9 Å². The van der Waals surface area contributed by atoms with E-state index < -0.39 is 11.9 Å². The Morgan fingerprint density at radius 3 is 1.83 bits per heavy atom. The van der Waals surface area contributed by atoms with Gasteiger partial charge in [0, 0.05) is 10.0 Å². The van der Waals surface area contributed by atoms with Crippen molar-refractivity contribution in [3.8, 4) is 0 Å². The summed E-state index contributed by atoms with van der Waals surface area (Å²) in [4.78, 5) is 25.8. The lowest BCUT2D eigenvalue weighted by Gasteiger charge is -2.17. The van der Waals surface area contributed by atoms with E-state index in [0.717, 1.165) is 49.0 Å². The van der Waals surface area contributed by atoms with E-state index in [4.69, 9.17) is 10.5 Å². The number of ether oxygens (including phenoxy) is 1. The molecule has 35 heavy (non-hydrogen) atoms.